The van der Waals surface area contributed by atoms with Crippen molar-refractivity contribution in [2.24, 2.45) is 11.3 Å². The number of benzene rings is 1. The molecule has 2 bridgehead atoms. The van der Waals surface area contributed by atoms with Crippen LogP contribution < -0.4 is 10.1 Å². The summed E-state index contributed by atoms with van der Waals surface area (Å²) in [6.45, 7) is 0.127. The van der Waals surface area contributed by atoms with Crippen molar-refractivity contribution in [3.05, 3.63) is 30.3 Å². The number of ether oxygens (including phenoxy) is 1. The molecule has 136 valence electrons. The van der Waals surface area contributed by atoms with Gasteiger partial charge in [-0.2, -0.15) is 0 Å². The van der Waals surface area contributed by atoms with Crippen LogP contribution in [0, 0.1) is 11.3 Å². The van der Waals surface area contributed by atoms with Crippen LogP contribution in [-0.2, 0) is 4.79 Å². The van der Waals surface area contributed by atoms with Gasteiger partial charge in [-0.05, 0) is 55.6 Å². The minimum Gasteiger partial charge on any atom is -0.484 e. The van der Waals surface area contributed by atoms with E-state index in [1.807, 2.05) is 30.3 Å². The molecule has 0 unspecified atom stereocenters. The lowest BCUT2D eigenvalue weighted by atomic mass is 9.35. The van der Waals surface area contributed by atoms with Gasteiger partial charge in [-0.25, -0.2) is 0 Å². The number of carbonyl (C=O) groups is 1. The van der Waals surface area contributed by atoms with Gasteiger partial charge in [-0.15, -0.1) is 0 Å². The van der Waals surface area contributed by atoms with Gasteiger partial charge in [0.15, 0.2) is 6.61 Å². The quantitative estimate of drug-likeness (QED) is 0.831. The summed E-state index contributed by atoms with van der Waals surface area (Å²) >= 11 is 0. The average Bonchev–Trinajstić information content (AvgIpc) is 2.70. The Morgan fingerprint density at radius 3 is 2.20 bits per heavy atom. The van der Waals surface area contributed by atoms with Crippen LogP contribution in [-0.4, -0.2) is 18.1 Å². The van der Waals surface area contributed by atoms with Gasteiger partial charge in [0.2, 0.25) is 0 Å². The number of hydrogen-bond acceptors (Lipinski definition) is 2. The molecule has 0 radical (unpaired) electrons. The lowest BCUT2D eigenvalue weighted by molar-refractivity contribution is -0.197. The number of carbonyl (C=O) groups excluding carboxylic acids is 1. The predicted octanol–water partition coefficient (Wildman–Crippen LogP) is 4.85. The highest BCUT2D eigenvalue weighted by molar-refractivity contribution is 5.79. The molecule has 4 aliphatic carbocycles. The third-order valence-corrected chi connectivity index (χ3v) is 6.81. The average molecular weight is 341 g/mol. The molecular weight excluding hydrogens is 310 g/mol. The lowest BCUT2D eigenvalue weighted by Crippen LogP contribution is -2.76. The molecule has 0 saturated heterocycles. The van der Waals surface area contributed by atoms with Crippen molar-refractivity contribution >= 4 is 5.91 Å². The Hall–Kier alpha value is -1.51. The van der Waals surface area contributed by atoms with E-state index < -0.39 is 0 Å². The monoisotopic (exact) mass is 341 g/mol. The molecule has 1 aromatic rings. The molecule has 3 heteroatoms. The van der Waals surface area contributed by atoms with Crippen molar-refractivity contribution in [1.82, 2.24) is 5.32 Å². The highest BCUT2D eigenvalue weighted by atomic mass is 16.5. The summed E-state index contributed by atoms with van der Waals surface area (Å²) in [6.07, 6.45) is 15.0. The first-order valence-corrected chi connectivity index (χ1v) is 10.2. The van der Waals surface area contributed by atoms with Crippen LogP contribution in [0.15, 0.2) is 30.3 Å². The maximum Gasteiger partial charge on any atom is 0.258 e. The van der Waals surface area contributed by atoms with Crippen LogP contribution in [0.25, 0.3) is 0 Å². The smallest absolute Gasteiger partial charge is 0.258 e. The fourth-order valence-corrected chi connectivity index (χ4v) is 5.67. The van der Waals surface area contributed by atoms with Crippen molar-refractivity contribution in [2.45, 2.75) is 76.2 Å². The molecule has 0 aliphatic heterocycles. The highest BCUT2D eigenvalue weighted by Gasteiger charge is 2.70. The first-order valence-electron chi connectivity index (χ1n) is 10.2. The molecule has 3 nitrogen and oxygen atoms in total. The molecule has 5 rings (SSSR count). The van der Waals surface area contributed by atoms with E-state index in [4.69, 9.17) is 4.74 Å². The summed E-state index contributed by atoms with van der Waals surface area (Å²) in [6, 6.07) is 9.58. The molecule has 4 saturated carbocycles. The second-order valence-corrected chi connectivity index (χ2v) is 8.72. The van der Waals surface area contributed by atoms with Gasteiger partial charge < -0.3 is 10.1 Å². The molecular formula is C22H31NO2. The summed E-state index contributed by atoms with van der Waals surface area (Å²) in [4.78, 5) is 12.2. The predicted molar refractivity (Wildman–Crippen MR) is 99.5 cm³/mol. The Kier molecular flexibility index (Phi) is 4.75. The molecule has 25 heavy (non-hydrogen) atoms. The van der Waals surface area contributed by atoms with Gasteiger partial charge >= 0.3 is 0 Å². The maximum absolute atomic E-state index is 12.2. The Bertz CT molecular complexity index is 568. The topological polar surface area (TPSA) is 38.3 Å². The number of hydrogen-bond donors (Lipinski definition) is 1. The molecule has 1 N–H and O–H groups in total. The van der Waals surface area contributed by atoms with Crippen molar-refractivity contribution in [1.29, 1.82) is 0 Å². The first-order chi connectivity index (χ1) is 12.2. The number of amides is 1. The Morgan fingerprint density at radius 1 is 0.960 bits per heavy atom. The molecule has 4 aliphatic rings. The van der Waals surface area contributed by atoms with E-state index in [0.29, 0.717) is 5.41 Å². The largest absolute Gasteiger partial charge is 0.484 e. The van der Waals surface area contributed by atoms with E-state index in [2.05, 4.69) is 5.32 Å². The van der Waals surface area contributed by atoms with Gasteiger partial charge in [0.25, 0.3) is 5.91 Å². The van der Waals surface area contributed by atoms with Crippen LogP contribution in [0.4, 0.5) is 0 Å². The highest BCUT2D eigenvalue weighted by Crippen LogP contribution is 2.72. The van der Waals surface area contributed by atoms with Gasteiger partial charge in [0.05, 0.1) is 0 Å². The molecule has 0 aromatic heterocycles. The summed E-state index contributed by atoms with van der Waals surface area (Å²) < 4.78 is 5.57. The maximum atomic E-state index is 12.2. The van der Waals surface area contributed by atoms with E-state index in [0.717, 1.165) is 11.7 Å². The second kappa shape index (κ2) is 7.01. The molecule has 0 atom stereocenters. The molecule has 4 fully saturated rings. The number of rotatable bonds is 5. The lowest BCUT2D eigenvalue weighted by Gasteiger charge is -2.73. The van der Waals surface area contributed by atoms with Crippen molar-refractivity contribution in [3.63, 3.8) is 0 Å². The fraction of sp³-hybridized carbons (Fsp3) is 0.682. The SMILES string of the molecule is O=C(COc1ccccc1)NC12CC(C3CCCCCCCC3)(C1)C2. The summed E-state index contributed by atoms with van der Waals surface area (Å²) in [5.74, 6) is 1.70. The third kappa shape index (κ3) is 3.56. The first kappa shape index (κ1) is 16.9. The Balaban J connectivity index is 1.23. The van der Waals surface area contributed by atoms with Crippen molar-refractivity contribution < 1.29 is 9.53 Å². The van der Waals surface area contributed by atoms with E-state index >= 15 is 0 Å². The van der Waals surface area contributed by atoms with Crippen molar-refractivity contribution in [2.75, 3.05) is 6.61 Å². The Morgan fingerprint density at radius 2 is 1.56 bits per heavy atom. The van der Waals surface area contributed by atoms with Crippen LogP contribution in [0.1, 0.15) is 70.6 Å². The zero-order valence-corrected chi connectivity index (χ0v) is 15.3. The van der Waals surface area contributed by atoms with E-state index in [-0.39, 0.29) is 18.1 Å². The Labute approximate surface area is 151 Å². The summed E-state index contributed by atoms with van der Waals surface area (Å²) in [7, 11) is 0. The van der Waals surface area contributed by atoms with Gasteiger partial charge in [-0.3, -0.25) is 4.79 Å². The standard InChI is InChI=1S/C22H31NO2/c24-20(14-25-19-12-8-5-9-13-19)23-22-15-21(16-22,17-22)18-10-6-3-1-2-4-7-11-18/h5,8-9,12-13,18H,1-4,6-7,10-11,14-17H2,(H,23,24). The van der Waals surface area contributed by atoms with Crippen LogP contribution >= 0.6 is 0 Å². The number of para-hydroxylation sites is 1. The number of nitrogens with one attached hydrogen (secondary N) is 1. The van der Waals surface area contributed by atoms with Crippen LogP contribution in [0.5, 0.6) is 5.75 Å². The molecule has 1 amide bonds. The minimum atomic E-state index is 0.0339. The molecule has 0 heterocycles. The van der Waals surface area contributed by atoms with Gasteiger partial charge in [0, 0.05) is 5.54 Å². The van der Waals surface area contributed by atoms with Crippen LogP contribution in [0.2, 0.25) is 0 Å². The summed E-state index contributed by atoms with van der Waals surface area (Å²) in [5, 5.41) is 3.27. The minimum absolute atomic E-state index is 0.0339. The zero-order valence-electron chi connectivity index (χ0n) is 15.3. The second-order valence-electron chi connectivity index (χ2n) is 8.72. The molecule has 0 spiro atoms. The van der Waals surface area contributed by atoms with Crippen molar-refractivity contribution in [3.8, 4) is 5.75 Å². The van der Waals surface area contributed by atoms with Crippen LogP contribution in [0.3, 0.4) is 0 Å². The third-order valence-electron chi connectivity index (χ3n) is 6.81. The molecule has 1 aromatic carbocycles. The van der Waals surface area contributed by atoms with E-state index in [1.54, 1.807) is 0 Å². The van der Waals surface area contributed by atoms with Gasteiger partial charge in [0.1, 0.15) is 5.75 Å². The normalized spacial score (nSPS) is 32.3. The van der Waals surface area contributed by atoms with E-state index in [9.17, 15) is 4.79 Å². The zero-order chi connectivity index (χ0) is 17.2. The summed E-state index contributed by atoms with van der Waals surface area (Å²) in [5.41, 5.74) is 0.674. The van der Waals surface area contributed by atoms with E-state index in [1.165, 1.54) is 70.6 Å². The van der Waals surface area contributed by atoms with Gasteiger partial charge in [-0.1, -0.05) is 56.7 Å². The fourth-order valence-electron chi connectivity index (χ4n) is 5.67.